The lowest BCUT2D eigenvalue weighted by Crippen LogP contribution is -2.43. The molecular weight excluding hydrogens is 356 g/mol. The third-order valence-electron chi connectivity index (χ3n) is 2.78. The van der Waals surface area contributed by atoms with Gasteiger partial charge in [0.05, 0.1) is 0 Å². The van der Waals surface area contributed by atoms with Gasteiger partial charge in [-0.05, 0) is 23.0 Å². The van der Waals surface area contributed by atoms with Crippen LogP contribution >= 0.6 is 0 Å². The lowest BCUT2D eigenvalue weighted by Gasteiger charge is -2.24. The molecule has 1 aromatic rings. The van der Waals surface area contributed by atoms with Gasteiger partial charge in [-0.2, -0.15) is 0 Å². The van der Waals surface area contributed by atoms with Gasteiger partial charge >= 0.3 is 19.0 Å². The van der Waals surface area contributed by atoms with Crippen molar-refractivity contribution < 1.29 is 21.7 Å². The van der Waals surface area contributed by atoms with Crippen LogP contribution in [0.3, 0.4) is 0 Å². The maximum Gasteiger partial charge on any atom is 0.500 e. The molecule has 0 saturated carbocycles. The van der Waals surface area contributed by atoms with Crippen LogP contribution in [0.1, 0.15) is 5.56 Å². The molecule has 1 aromatic carbocycles. The van der Waals surface area contributed by atoms with E-state index >= 15 is 0 Å². The molecule has 0 bridgehead atoms. The van der Waals surface area contributed by atoms with Crippen LogP contribution < -0.4 is 0 Å². The molecule has 11 nitrogen and oxygen atoms in total. The van der Waals surface area contributed by atoms with E-state index in [0.29, 0.717) is 0 Å². The molecular formula is C11H18N6O5SSi. The van der Waals surface area contributed by atoms with Gasteiger partial charge in [-0.1, -0.05) is 30.3 Å². The Labute approximate surface area is 141 Å². The van der Waals surface area contributed by atoms with Crippen molar-refractivity contribution >= 4 is 19.0 Å². The van der Waals surface area contributed by atoms with Gasteiger partial charge in [-0.3, -0.25) is 0 Å². The van der Waals surface area contributed by atoms with Crippen molar-refractivity contribution in [3.63, 3.8) is 0 Å². The van der Waals surface area contributed by atoms with Crippen molar-refractivity contribution in [2.24, 2.45) is 9.04 Å². The van der Waals surface area contributed by atoms with Crippen LogP contribution in [-0.2, 0) is 29.9 Å². The van der Waals surface area contributed by atoms with Crippen LogP contribution in [0, 0.1) is 0 Å². The van der Waals surface area contributed by atoms with Crippen LogP contribution in [0.15, 0.2) is 39.4 Å². The maximum atomic E-state index is 9.99. The summed E-state index contributed by atoms with van der Waals surface area (Å²) >= 11 is 0. The molecule has 0 aliphatic heterocycles. The summed E-state index contributed by atoms with van der Waals surface area (Å²) in [6.45, 7) is 0. The summed E-state index contributed by atoms with van der Waals surface area (Å²) in [5, 5.41) is 0. The Kier molecular flexibility index (Phi) is 10.4. The molecule has 0 saturated heterocycles. The molecule has 132 valence electrons. The average Bonchev–Trinajstić information content (AvgIpc) is 2.58. The molecule has 0 radical (unpaired) electrons. The van der Waals surface area contributed by atoms with Gasteiger partial charge in [0.25, 0.3) is 0 Å². The van der Waals surface area contributed by atoms with Crippen molar-refractivity contribution in [1.82, 2.24) is 0 Å². The van der Waals surface area contributed by atoms with Gasteiger partial charge < -0.3 is 13.3 Å². The molecule has 1 rings (SSSR count). The molecule has 0 N–H and O–H groups in total. The Morgan fingerprint density at radius 3 is 1.83 bits per heavy atom. The zero-order chi connectivity index (χ0) is 18.5. The van der Waals surface area contributed by atoms with Crippen LogP contribution in [-0.4, -0.2) is 38.6 Å². The minimum absolute atomic E-state index is 0.806. The molecule has 0 aliphatic rings. The van der Waals surface area contributed by atoms with E-state index in [4.69, 9.17) is 24.3 Å². The summed E-state index contributed by atoms with van der Waals surface area (Å²) in [7, 11) is -1.74. The van der Waals surface area contributed by atoms with Crippen molar-refractivity contribution in [1.29, 1.82) is 0 Å². The summed E-state index contributed by atoms with van der Waals surface area (Å²) in [5.74, 6) is 0. The van der Waals surface area contributed by atoms with Crippen LogP contribution in [0.2, 0.25) is 6.04 Å². The monoisotopic (exact) mass is 374 g/mol. The fourth-order valence-electron chi connectivity index (χ4n) is 1.61. The van der Waals surface area contributed by atoms with Crippen LogP contribution in [0.25, 0.3) is 20.9 Å². The first kappa shape index (κ1) is 21.9. The first-order valence-corrected chi connectivity index (χ1v) is 9.78. The summed E-state index contributed by atoms with van der Waals surface area (Å²) in [4.78, 5) is 3.80. The van der Waals surface area contributed by atoms with E-state index in [1.54, 1.807) is 21.3 Å². The van der Waals surface area contributed by atoms with Crippen LogP contribution in [0.4, 0.5) is 0 Å². The maximum absolute atomic E-state index is 9.99. The third-order valence-corrected chi connectivity index (χ3v) is 6.06. The van der Waals surface area contributed by atoms with Gasteiger partial charge in [0.2, 0.25) is 0 Å². The Morgan fingerprint density at radius 1 is 1.00 bits per heavy atom. The Morgan fingerprint density at radius 2 is 1.46 bits per heavy atom. The quantitative estimate of drug-likeness (QED) is 0.295. The summed E-state index contributed by atoms with van der Waals surface area (Å²) < 4.78 is 40.4. The fourth-order valence-corrected chi connectivity index (χ4v) is 3.53. The number of rotatable bonds is 8. The highest BCUT2D eigenvalue weighted by Crippen LogP contribution is 2.16. The smallest absolute Gasteiger partial charge is 0.377 e. The molecule has 0 amide bonds. The van der Waals surface area contributed by atoms with E-state index in [2.05, 4.69) is 21.2 Å². The zero-order valence-corrected chi connectivity index (χ0v) is 15.3. The molecule has 24 heavy (non-hydrogen) atoms. The average molecular weight is 374 g/mol. The number of benzene rings is 1. The summed E-state index contributed by atoms with van der Waals surface area (Å²) in [5.41, 5.74) is 16.3. The van der Waals surface area contributed by atoms with E-state index in [1.807, 2.05) is 28.0 Å². The Bertz CT molecular complexity index is 652. The molecule has 0 aliphatic carbocycles. The van der Waals surface area contributed by atoms with Gasteiger partial charge in [-0.25, -0.2) is 8.42 Å². The minimum Gasteiger partial charge on any atom is -0.377 e. The van der Waals surface area contributed by atoms with E-state index in [0.717, 1.165) is 12.5 Å². The normalized spacial score (nSPS) is 10.6. The molecule has 13 heteroatoms. The number of hydrogen-bond donors (Lipinski definition) is 0. The van der Waals surface area contributed by atoms with E-state index < -0.39 is 19.0 Å². The first-order chi connectivity index (χ1) is 11.4. The summed E-state index contributed by atoms with van der Waals surface area (Å²) in [6.07, 6.45) is 0.919. The van der Waals surface area contributed by atoms with Gasteiger partial charge in [0.1, 0.15) is 0 Å². The molecule has 0 fully saturated rings. The SMILES string of the molecule is CO[Si](CCc1ccccc1)(OC)OC.[N-]=[N+]=NS(=O)(=O)N=[N+]=[N-]. The molecule has 0 heterocycles. The van der Waals surface area contributed by atoms with Crippen molar-refractivity contribution in [2.45, 2.75) is 12.5 Å². The number of nitrogens with zero attached hydrogens (tertiary/aromatic N) is 6. The van der Waals surface area contributed by atoms with Gasteiger partial charge in [-0.15, -0.1) is 0 Å². The fraction of sp³-hybridized carbons (Fsp3) is 0.455. The minimum atomic E-state index is -4.27. The first-order valence-electron chi connectivity index (χ1n) is 6.45. The predicted octanol–water partition coefficient (Wildman–Crippen LogP) is 2.96. The largest absolute Gasteiger partial charge is 0.500 e. The molecule has 0 unspecified atom stereocenters. The van der Waals surface area contributed by atoms with Gasteiger partial charge in [0, 0.05) is 46.2 Å². The lowest BCUT2D eigenvalue weighted by atomic mass is 10.2. The highest BCUT2D eigenvalue weighted by Gasteiger charge is 2.36. The third kappa shape index (κ3) is 8.50. The second-order valence-corrected chi connectivity index (χ2v) is 8.38. The van der Waals surface area contributed by atoms with Crippen LogP contribution in [0.5, 0.6) is 0 Å². The molecule has 0 spiro atoms. The number of hydrogen-bond acceptors (Lipinski definition) is 5. The highest BCUT2D eigenvalue weighted by molar-refractivity contribution is 7.88. The zero-order valence-electron chi connectivity index (χ0n) is 13.4. The topological polar surface area (TPSA) is 159 Å². The Balaban J connectivity index is 0.000000506. The second kappa shape index (κ2) is 11.4. The van der Waals surface area contributed by atoms with Crippen molar-refractivity contribution in [2.75, 3.05) is 21.3 Å². The summed E-state index contributed by atoms with van der Waals surface area (Å²) in [6, 6.07) is 11.1. The van der Waals surface area contributed by atoms with E-state index in [1.165, 1.54) is 5.56 Å². The molecule has 0 atom stereocenters. The standard InChI is InChI=1S/C11H18O3Si.N6O2S/c1-12-15(13-2,14-3)10-9-11-7-5-4-6-8-11;1-3-5-9(7,8)6-4-2/h4-8H,9-10H2,1-3H3;. The highest BCUT2D eigenvalue weighted by atomic mass is 32.2. The molecule has 0 aromatic heterocycles. The van der Waals surface area contributed by atoms with Crippen molar-refractivity contribution in [3.8, 4) is 0 Å². The van der Waals surface area contributed by atoms with E-state index in [9.17, 15) is 8.42 Å². The van der Waals surface area contributed by atoms with Gasteiger partial charge in [0.15, 0.2) is 0 Å². The predicted molar refractivity (Wildman–Crippen MR) is 88.9 cm³/mol. The second-order valence-electron chi connectivity index (χ2n) is 4.07. The number of azide groups is 1. The van der Waals surface area contributed by atoms with Crippen molar-refractivity contribution in [3.05, 3.63) is 56.8 Å². The Hall–Kier alpha value is -2.11. The number of aryl methyl sites for hydroxylation is 1. The lowest BCUT2D eigenvalue weighted by molar-refractivity contribution is 0.123. The van der Waals surface area contributed by atoms with E-state index in [-0.39, 0.29) is 0 Å².